The van der Waals surface area contributed by atoms with Crippen molar-refractivity contribution >= 4 is 17.6 Å². The molecule has 4 rings (SSSR count). The van der Waals surface area contributed by atoms with Crippen molar-refractivity contribution in [3.63, 3.8) is 0 Å². The minimum absolute atomic E-state index is 0.269. The van der Waals surface area contributed by atoms with E-state index in [-0.39, 0.29) is 5.56 Å². The zero-order valence-electron chi connectivity index (χ0n) is 21.5. The third kappa shape index (κ3) is 6.89. The van der Waals surface area contributed by atoms with Gasteiger partial charge in [0.05, 0.1) is 30.5 Å². The molecule has 1 amide bonds. The number of benzene rings is 3. The first-order valence-electron chi connectivity index (χ1n) is 12.8. The molecule has 1 N–H and O–H groups in total. The maximum atomic E-state index is 13.6. The number of nitrogens with zero attached hydrogens (tertiary/aromatic N) is 1. The number of ether oxygens (including phenoxy) is 3. The van der Waals surface area contributed by atoms with E-state index in [0.29, 0.717) is 36.0 Å². The van der Waals surface area contributed by atoms with Crippen molar-refractivity contribution < 1.29 is 23.8 Å². The summed E-state index contributed by atoms with van der Waals surface area (Å²) in [6.45, 7) is 6.19. The molecule has 7 heteroatoms. The predicted octanol–water partition coefficient (Wildman–Crippen LogP) is 5.66. The van der Waals surface area contributed by atoms with Crippen molar-refractivity contribution in [1.29, 1.82) is 0 Å². The van der Waals surface area contributed by atoms with Crippen molar-refractivity contribution in [1.82, 2.24) is 4.90 Å². The molecular formula is C30H34N2O5. The van der Waals surface area contributed by atoms with Gasteiger partial charge in [0.15, 0.2) is 0 Å². The number of unbranched alkanes of at least 4 members (excludes halogenated alkanes) is 1. The van der Waals surface area contributed by atoms with E-state index in [9.17, 15) is 9.59 Å². The number of likely N-dealkylation sites (tertiary alicyclic amines) is 1. The third-order valence-electron chi connectivity index (χ3n) is 6.36. The lowest BCUT2D eigenvalue weighted by atomic mass is 10.0. The van der Waals surface area contributed by atoms with Gasteiger partial charge >= 0.3 is 5.97 Å². The summed E-state index contributed by atoms with van der Waals surface area (Å²) >= 11 is 0. The second-order valence-corrected chi connectivity index (χ2v) is 8.98. The third-order valence-corrected chi connectivity index (χ3v) is 6.36. The highest BCUT2D eigenvalue weighted by molar-refractivity contribution is 6.10. The normalized spacial score (nSPS) is 12.9. The van der Waals surface area contributed by atoms with Gasteiger partial charge < -0.3 is 19.5 Å². The number of carbonyl (C=O) groups excluding carboxylic acids is 2. The van der Waals surface area contributed by atoms with Crippen LogP contribution >= 0.6 is 0 Å². The molecule has 3 aromatic carbocycles. The smallest absolute Gasteiger partial charge is 0.339 e. The monoisotopic (exact) mass is 502 g/mol. The Morgan fingerprint density at radius 3 is 2.41 bits per heavy atom. The molecule has 1 aliphatic rings. The Kier molecular flexibility index (Phi) is 9.16. The van der Waals surface area contributed by atoms with E-state index >= 15 is 0 Å². The minimum Gasteiger partial charge on any atom is -0.493 e. The first kappa shape index (κ1) is 26.2. The first-order valence-corrected chi connectivity index (χ1v) is 12.8. The van der Waals surface area contributed by atoms with Gasteiger partial charge in [0, 0.05) is 6.54 Å². The highest BCUT2D eigenvalue weighted by Gasteiger charge is 2.20. The van der Waals surface area contributed by atoms with Crippen LogP contribution in [-0.2, 0) is 4.74 Å². The zero-order valence-corrected chi connectivity index (χ0v) is 21.5. The summed E-state index contributed by atoms with van der Waals surface area (Å²) in [6, 6.07) is 20.3. The van der Waals surface area contributed by atoms with Gasteiger partial charge in [-0.25, -0.2) is 4.79 Å². The molecule has 1 fully saturated rings. The van der Waals surface area contributed by atoms with Gasteiger partial charge in [0.1, 0.15) is 18.1 Å². The topological polar surface area (TPSA) is 77.1 Å². The molecule has 0 radical (unpaired) electrons. The number of anilines is 1. The number of hydrogen-bond acceptors (Lipinski definition) is 6. The first-order chi connectivity index (χ1) is 18.1. The van der Waals surface area contributed by atoms with Gasteiger partial charge in [-0.15, -0.1) is 0 Å². The molecule has 1 aliphatic heterocycles. The molecule has 0 bridgehead atoms. The average molecular weight is 503 g/mol. The Labute approximate surface area is 218 Å². The molecule has 194 valence electrons. The van der Waals surface area contributed by atoms with E-state index in [4.69, 9.17) is 14.2 Å². The number of methoxy groups -OCH3 is 1. The van der Waals surface area contributed by atoms with Crippen LogP contribution < -0.4 is 14.8 Å². The summed E-state index contributed by atoms with van der Waals surface area (Å²) < 4.78 is 16.8. The number of amides is 1. The quantitative estimate of drug-likeness (QED) is 0.255. The van der Waals surface area contributed by atoms with E-state index < -0.39 is 11.9 Å². The lowest BCUT2D eigenvalue weighted by Gasteiger charge is -2.30. The van der Waals surface area contributed by atoms with Crippen LogP contribution in [0.1, 0.15) is 46.9 Å². The molecule has 0 atom stereocenters. The highest BCUT2D eigenvalue weighted by Crippen LogP contribution is 2.29. The van der Waals surface area contributed by atoms with E-state index in [0.717, 1.165) is 43.6 Å². The van der Waals surface area contributed by atoms with Crippen LogP contribution in [0.2, 0.25) is 0 Å². The van der Waals surface area contributed by atoms with E-state index in [1.54, 1.807) is 24.3 Å². The Balaban J connectivity index is 1.60. The second kappa shape index (κ2) is 12.9. The van der Waals surface area contributed by atoms with E-state index in [1.807, 2.05) is 42.5 Å². The number of esters is 1. The molecule has 7 nitrogen and oxygen atoms in total. The highest BCUT2D eigenvalue weighted by atomic mass is 16.5. The molecule has 0 saturated carbocycles. The molecule has 0 unspecified atom stereocenters. The van der Waals surface area contributed by atoms with Crippen LogP contribution in [-0.4, -0.2) is 56.7 Å². The van der Waals surface area contributed by atoms with E-state index in [1.165, 1.54) is 13.5 Å². The number of rotatable bonds is 12. The van der Waals surface area contributed by atoms with Crippen molar-refractivity contribution in [2.45, 2.75) is 26.2 Å². The number of carbonyl (C=O) groups is 2. The Hall–Kier alpha value is -3.84. The van der Waals surface area contributed by atoms with Crippen LogP contribution in [0.3, 0.4) is 0 Å². The molecule has 0 aliphatic carbocycles. The van der Waals surface area contributed by atoms with Crippen LogP contribution in [0.4, 0.5) is 5.69 Å². The van der Waals surface area contributed by atoms with Gasteiger partial charge in [-0.1, -0.05) is 49.7 Å². The fourth-order valence-electron chi connectivity index (χ4n) is 4.06. The minimum atomic E-state index is -0.530. The van der Waals surface area contributed by atoms with Gasteiger partial charge in [0.2, 0.25) is 0 Å². The summed E-state index contributed by atoms with van der Waals surface area (Å²) in [4.78, 5) is 28.4. The Bertz CT molecular complexity index is 1210. The SMILES string of the molecule is CCCCOc1ccc(OCCN2CCC2)cc1C(=O)Nc1cc(-c2ccccc2)ccc1C(=O)OC. The summed E-state index contributed by atoms with van der Waals surface area (Å²) in [5, 5.41) is 2.92. The van der Waals surface area contributed by atoms with Gasteiger partial charge in [0.25, 0.3) is 5.91 Å². The molecule has 0 spiro atoms. The Morgan fingerprint density at radius 2 is 1.70 bits per heavy atom. The summed E-state index contributed by atoms with van der Waals surface area (Å²) in [5.41, 5.74) is 2.81. The molecule has 0 aromatic heterocycles. The molecule has 37 heavy (non-hydrogen) atoms. The summed E-state index contributed by atoms with van der Waals surface area (Å²) in [5.74, 6) is 0.145. The maximum Gasteiger partial charge on any atom is 0.339 e. The van der Waals surface area contributed by atoms with Crippen LogP contribution in [0.5, 0.6) is 11.5 Å². The van der Waals surface area contributed by atoms with Crippen LogP contribution in [0.25, 0.3) is 11.1 Å². The second-order valence-electron chi connectivity index (χ2n) is 8.98. The predicted molar refractivity (Wildman–Crippen MR) is 145 cm³/mol. The summed E-state index contributed by atoms with van der Waals surface area (Å²) in [6.07, 6.45) is 3.09. The molecular weight excluding hydrogens is 468 g/mol. The van der Waals surface area contributed by atoms with Crippen LogP contribution in [0, 0.1) is 0 Å². The molecule has 3 aromatic rings. The zero-order chi connectivity index (χ0) is 26.0. The summed E-state index contributed by atoms with van der Waals surface area (Å²) in [7, 11) is 1.32. The van der Waals surface area contributed by atoms with Crippen molar-refractivity contribution in [3.8, 4) is 22.6 Å². The van der Waals surface area contributed by atoms with Crippen molar-refractivity contribution in [3.05, 3.63) is 77.9 Å². The standard InChI is InChI=1S/C30H34N2O5/c1-3-4-18-37-28-14-12-24(36-19-17-32-15-8-16-32)21-26(28)29(33)31-27-20-23(22-9-6-5-7-10-22)11-13-25(27)30(34)35-2/h5-7,9-14,20-21H,3-4,8,15-19H2,1-2H3,(H,31,33). The molecule has 1 heterocycles. The maximum absolute atomic E-state index is 13.6. The van der Waals surface area contributed by atoms with E-state index in [2.05, 4.69) is 17.1 Å². The molecule has 1 saturated heterocycles. The fourth-order valence-corrected chi connectivity index (χ4v) is 4.06. The Morgan fingerprint density at radius 1 is 0.892 bits per heavy atom. The fraction of sp³-hybridized carbons (Fsp3) is 0.333. The largest absolute Gasteiger partial charge is 0.493 e. The van der Waals surface area contributed by atoms with Gasteiger partial charge in [-0.05, 0) is 67.4 Å². The average Bonchev–Trinajstić information content (AvgIpc) is 2.90. The lowest BCUT2D eigenvalue weighted by molar-refractivity contribution is 0.0602. The number of nitrogens with one attached hydrogen (secondary N) is 1. The van der Waals surface area contributed by atoms with Crippen LogP contribution in [0.15, 0.2) is 66.7 Å². The van der Waals surface area contributed by atoms with Crippen molar-refractivity contribution in [2.24, 2.45) is 0 Å². The number of hydrogen-bond donors (Lipinski definition) is 1. The lowest BCUT2D eigenvalue weighted by Crippen LogP contribution is -2.39. The van der Waals surface area contributed by atoms with Gasteiger partial charge in [-0.3, -0.25) is 9.69 Å². The van der Waals surface area contributed by atoms with Gasteiger partial charge in [-0.2, -0.15) is 0 Å². The van der Waals surface area contributed by atoms with Crippen molar-refractivity contribution in [2.75, 3.05) is 45.3 Å².